The predicted molar refractivity (Wildman–Crippen MR) is 105 cm³/mol. The summed E-state index contributed by atoms with van der Waals surface area (Å²) in [6, 6.07) is 13.1. The first-order valence-corrected chi connectivity index (χ1v) is 8.85. The summed E-state index contributed by atoms with van der Waals surface area (Å²) < 4.78 is 23.3. The smallest absolute Gasteiger partial charge is 0.347 e. The maximum atomic E-state index is 12.9. The minimum atomic E-state index is -0.915. The number of esters is 1. The lowest BCUT2D eigenvalue weighted by Crippen LogP contribution is -2.34. The molecule has 0 heterocycles. The summed E-state index contributed by atoms with van der Waals surface area (Å²) in [5.74, 6) is -1.04. The van der Waals surface area contributed by atoms with Gasteiger partial charge in [0.2, 0.25) is 0 Å². The number of anilines is 1. The monoisotopic (exact) mass is 388 g/mol. The highest BCUT2D eigenvalue weighted by Gasteiger charge is 2.19. The average Bonchev–Trinajstić information content (AvgIpc) is 2.67. The Kier molecular flexibility index (Phi) is 7.37. The van der Waals surface area contributed by atoms with Gasteiger partial charge >= 0.3 is 5.97 Å². The van der Waals surface area contributed by atoms with Crippen LogP contribution in [0.3, 0.4) is 0 Å². The van der Waals surface area contributed by atoms with Gasteiger partial charge in [-0.2, -0.15) is 0 Å². The van der Waals surface area contributed by atoms with Crippen molar-refractivity contribution in [2.75, 3.05) is 32.6 Å². The molecule has 0 fully saturated rings. The summed E-state index contributed by atoms with van der Waals surface area (Å²) >= 11 is 0. The van der Waals surface area contributed by atoms with E-state index in [1.807, 2.05) is 43.3 Å². The van der Waals surface area contributed by atoms with Crippen molar-refractivity contribution in [2.45, 2.75) is 19.6 Å². The summed E-state index contributed by atoms with van der Waals surface area (Å²) in [6.45, 7) is 1.54. The van der Waals surface area contributed by atoms with Crippen LogP contribution in [0.25, 0.3) is 0 Å². The number of carbonyl (C=O) groups excluding carboxylic acids is 2. The van der Waals surface area contributed by atoms with Gasteiger partial charge in [-0.25, -0.2) is 9.18 Å². The molecule has 2 rings (SSSR count). The van der Waals surface area contributed by atoms with Crippen molar-refractivity contribution in [2.24, 2.45) is 0 Å². The first kappa shape index (κ1) is 21.2. The normalized spacial score (nSPS) is 11.5. The quantitative estimate of drug-likeness (QED) is 0.651. The molecule has 0 aliphatic heterocycles. The van der Waals surface area contributed by atoms with Crippen LogP contribution in [-0.2, 0) is 20.9 Å². The third-order valence-electron chi connectivity index (χ3n) is 4.09. The van der Waals surface area contributed by atoms with Gasteiger partial charge in [0.05, 0.1) is 0 Å². The van der Waals surface area contributed by atoms with Gasteiger partial charge in [-0.3, -0.25) is 4.79 Å². The van der Waals surface area contributed by atoms with Gasteiger partial charge in [0.1, 0.15) is 11.6 Å². The molecule has 0 spiro atoms. The Labute approximate surface area is 164 Å². The topological polar surface area (TPSA) is 59.1 Å². The highest BCUT2D eigenvalue weighted by Crippen LogP contribution is 2.14. The van der Waals surface area contributed by atoms with Crippen molar-refractivity contribution in [3.8, 4) is 5.75 Å². The molecule has 0 saturated heterocycles. The Morgan fingerprint density at radius 3 is 2.18 bits per heavy atom. The summed E-state index contributed by atoms with van der Waals surface area (Å²) in [4.78, 5) is 27.7. The second kappa shape index (κ2) is 9.73. The zero-order valence-electron chi connectivity index (χ0n) is 16.5. The Morgan fingerprint density at radius 2 is 1.61 bits per heavy atom. The summed E-state index contributed by atoms with van der Waals surface area (Å²) in [6.07, 6.45) is -0.915. The second-order valence-electron chi connectivity index (χ2n) is 6.63. The first-order chi connectivity index (χ1) is 13.3. The number of likely N-dealkylation sites (N-methyl/N-ethyl adjacent to an activating group) is 1. The standard InChI is InChI=1S/C21H25FN2O4/c1-15(28-19-11-7-17(22)8-12-19)21(26)27-14-20(25)24(4)13-16-5-9-18(10-6-16)23(2)3/h5-12,15H,13-14H2,1-4H3/t15-/m1/s1. The van der Waals surface area contributed by atoms with E-state index in [0.29, 0.717) is 12.3 Å². The molecule has 0 aliphatic rings. The van der Waals surface area contributed by atoms with E-state index in [-0.39, 0.29) is 12.5 Å². The minimum Gasteiger partial charge on any atom is -0.479 e. The zero-order chi connectivity index (χ0) is 20.7. The van der Waals surface area contributed by atoms with Crippen molar-refractivity contribution in [1.82, 2.24) is 4.90 Å². The minimum absolute atomic E-state index is 0.320. The molecule has 0 aliphatic carbocycles. The van der Waals surface area contributed by atoms with Gasteiger partial charge < -0.3 is 19.3 Å². The summed E-state index contributed by atoms with van der Waals surface area (Å²) in [7, 11) is 5.56. The molecule has 0 bridgehead atoms. The molecule has 0 aromatic heterocycles. The number of nitrogens with zero attached hydrogens (tertiary/aromatic N) is 2. The molecular formula is C21H25FN2O4. The third kappa shape index (κ3) is 6.26. The van der Waals surface area contributed by atoms with Crippen LogP contribution in [0.2, 0.25) is 0 Å². The lowest BCUT2D eigenvalue weighted by Gasteiger charge is -2.19. The Balaban J connectivity index is 1.79. The van der Waals surface area contributed by atoms with Crippen LogP contribution >= 0.6 is 0 Å². The van der Waals surface area contributed by atoms with Crippen molar-refractivity contribution in [3.05, 3.63) is 59.9 Å². The summed E-state index contributed by atoms with van der Waals surface area (Å²) in [5, 5.41) is 0. The number of benzene rings is 2. The maximum Gasteiger partial charge on any atom is 0.347 e. The highest BCUT2D eigenvalue weighted by molar-refractivity contribution is 5.82. The molecule has 2 aromatic carbocycles. The van der Waals surface area contributed by atoms with E-state index in [1.165, 1.54) is 36.1 Å². The van der Waals surface area contributed by atoms with Gasteiger partial charge in [0, 0.05) is 33.4 Å². The van der Waals surface area contributed by atoms with Crippen LogP contribution in [0.4, 0.5) is 10.1 Å². The van der Waals surface area contributed by atoms with E-state index in [0.717, 1.165) is 11.3 Å². The molecule has 0 radical (unpaired) electrons. The number of hydrogen-bond donors (Lipinski definition) is 0. The molecular weight excluding hydrogens is 363 g/mol. The van der Waals surface area contributed by atoms with Gasteiger partial charge in [-0.05, 0) is 48.9 Å². The fourth-order valence-corrected chi connectivity index (χ4v) is 2.39. The van der Waals surface area contributed by atoms with E-state index in [2.05, 4.69) is 0 Å². The van der Waals surface area contributed by atoms with Crippen molar-refractivity contribution in [1.29, 1.82) is 0 Å². The van der Waals surface area contributed by atoms with Gasteiger partial charge in [-0.1, -0.05) is 12.1 Å². The van der Waals surface area contributed by atoms with Gasteiger partial charge in [0.15, 0.2) is 12.7 Å². The second-order valence-corrected chi connectivity index (χ2v) is 6.63. The fraction of sp³-hybridized carbons (Fsp3) is 0.333. The van der Waals surface area contributed by atoms with Crippen LogP contribution in [-0.4, -0.2) is 50.6 Å². The molecule has 150 valence electrons. The molecule has 28 heavy (non-hydrogen) atoms. The van der Waals surface area contributed by atoms with E-state index in [9.17, 15) is 14.0 Å². The SMILES string of the molecule is C[C@@H](Oc1ccc(F)cc1)C(=O)OCC(=O)N(C)Cc1ccc(N(C)C)cc1. The maximum absolute atomic E-state index is 12.9. The van der Waals surface area contributed by atoms with Crippen molar-refractivity contribution >= 4 is 17.6 Å². The summed E-state index contributed by atoms with van der Waals surface area (Å²) in [5.41, 5.74) is 2.04. The number of carbonyl (C=O) groups is 2. The van der Waals surface area contributed by atoms with Crippen LogP contribution in [0.15, 0.2) is 48.5 Å². The van der Waals surface area contributed by atoms with Gasteiger partial charge in [-0.15, -0.1) is 0 Å². The Bertz CT molecular complexity index is 791. The van der Waals surface area contributed by atoms with Crippen LogP contribution in [0.1, 0.15) is 12.5 Å². The number of ether oxygens (including phenoxy) is 2. The Hall–Kier alpha value is -3.09. The highest BCUT2D eigenvalue weighted by atomic mass is 19.1. The largest absolute Gasteiger partial charge is 0.479 e. The van der Waals surface area contributed by atoms with E-state index >= 15 is 0 Å². The van der Waals surface area contributed by atoms with E-state index in [4.69, 9.17) is 9.47 Å². The molecule has 0 saturated carbocycles. The number of hydrogen-bond acceptors (Lipinski definition) is 5. The molecule has 1 amide bonds. The van der Waals surface area contributed by atoms with E-state index < -0.39 is 17.9 Å². The van der Waals surface area contributed by atoms with Crippen molar-refractivity contribution < 1.29 is 23.5 Å². The molecule has 1 atom stereocenters. The van der Waals surface area contributed by atoms with Crippen LogP contribution in [0.5, 0.6) is 5.75 Å². The van der Waals surface area contributed by atoms with Crippen LogP contribution < -0.4 is 9.64 Å². The number of halogens is 1. The molecule has 2 aromatic rings. The number of amides is 1. The van der Waals surface area contributed by atoms with Crippen LogP contribution in [0, 0.1) is 5.82 Å². The van der Waals surface area contributed by atoms with E-state index in [1.54, 1.807) is 7.05 Å². The molecule has 0 unspecified atom stereocenters. The number of rotatable bonds is 8. The third-order valence-corrected chi connectivity index (χ3v) is 4.09. The average molecular weight is 388 g/mol. The predicted octanol–water partition coefficient (Wildman–Crippen LogP) is 2.86. The molecule has 0 N–H and O–H groups in total. The Morgan fingerprint density at radius 1 is 1.00 bits per heavy atom. The zero-order valence-corrected chi connectivity index (χ0v) is 16.5. The molecule has 7 heteroatoms. The first-order valence-electron chi connectivity index (χ1n) is 8.85. The van der Waals surface area contributed by atoms with Gasteiger partial charge in [0.25, 0.3) is 5.91 Å². The van der Waals surface area contributed by atoms with Crippen molar-refractivity contribution in [3.63, 3.8) is 0 Å². The molecule has 6 nitrogen and oxygen atoms in total. The lowest BCUT2D eigenvalue weighted by atomic mass is 10.2. The fourth-order valence-electron chi connectivity index (χ4n) is 2.39. The lowest BCUT2D eigenvalue weighted by molar-refractivity contribution is -0.157.